The van der Waals surface area contributed by atoms with Crippen molar-refractivity contribution in [1.82, 2.24) is 4.98 Å². The second kappa shape index (κ2) is 8.32. The van der Waals surface area contributed by atoms with Crippen LogP contribution in [-0.2, 0) is 0 Å². The Hall–Kier alpha value is -3.12. The summed E-state index contributed by atoms with van der Waals surface area (Å²) in [7, 11) is 0. The van der Waals surface area contributed by atoms with Crippen molar-refractivity contribution in [2.75, 3.05) is 29.4 Å². The summed E-state index contributed by atoms with van der Waals surface area (Å²) in [5.74, 6) is 0.484. The van der Waals surface area contributed by atoms with Gasteiger partial charge in [-0.1, -0.05) is 30.3 Å². The number of amidine groups is 1. The van der Waals surface area contributed by atoms with Crippen LogP contribution in [-0.4, -0.2) is 35.6 Å². The maximum Gasteiger partial charge on any atom is 0.139 e. The van der Waals surface area contributed by atoms with Crippen LogP contribution in [0.25, 0.3) is 16.8 Å². The van der Waals surface area contributed by atoms with Gasteiger partial charge in [-0.25, -0.2) is 4.98 Å². The van der Waals surface area contributed by atoms with Crippen LogP contribution in [0.2, 0.25) is 0 Å². The number of nitrogens with one attached hydrogen (secondary N) is 1. The molecule has 0 bridgehead atoms. The van der Waals surface area contributed by atoms with Crippen molar-refractivity contribution < 1.29 is 5.11 Å². The number of hydrogen-bond acceptors (Lipinski definition) is 5. The fraction of sp³-hybridized carbons (Fsp3) is 0.250. The summed E-state index contributed by atoms with van der Waals surface area (Å²) in [6.45, 7) is 8.51. The van der Waals surface area contributed by atoms with Crippen LogP contribution in [0.4, 0.5) is 11.4 Å². The van der Waals surface area contributed by atoms with E-state index < -0.39 is 0 Å². The topological polar surface area (TPSA) is 63.5 Å². The van der Waals surface area contributed by atoms with Crippen LogP contribution < -0.4 is 9.80 Å². The van der Waals surface area contributed by atoms with Gasteiger partial charge in [0, 0.05) is 34.9 Å². The summed E-state index contributed by atoms with van der Waals surface area (Å²) in [5.41, 5.74) is 4.54. The zero-order chi connectivity index (χ0) is 21.3. The normalized spacial score (nSPS) is 14.0. The third-order valence-electron chi connectivity index (χ3n) is 5.45. The molecule has 1 aliphatic rings. The number of thiazole rings is 1. The fourth-order valence-electron chi connectivity index (χ4n) is 3.82. The average Bonchev–Trinajstić information content (AvgIpc) is 3.28. The SMILES string of the molecule is CCN(CC)c1ccc(N2CC(O)=C(c3nc(-c4ccccc4)c(C)s3)C2=N)cc1. The summed E-state index contributed by atoms with van der Waals surface area (Å²) >= 11 is 1.52. The van der Waals surface area contributed by atoms with Crippen LogP contribution in [0, 0.1) is 12.3 Å². The molecule has 0 spiro atoms. The van der Waals surface area contributed by atoms with Crippen LogP contribution >= 0.6 is 11.3 Å². The predicted octanol–water partition coefficient (Wildman–Crippen LogP) is 5.73. The molecule has 30 heavy (non-hydrogen) atoms. The Bertz CT molecular complexity index is 1080. The van der Waals surface area contributed by atoms with Gasteiger partial charge in [-0.15, -0.1) is 11.3 Å². The van der Waals surface area contributed by atoms with E-state index in [9.17, 15) is 5.11 Å². The summed E-state index contributed by atoms with van der Waals surface area (Å²) < 4.78 is 0. The second-order valence-corrected chi connectivity index (χ2v) is 8.44. The molecule has 1 aromatic heterocycles. The molecule has 0 amide bonds. The van der Waals surface area contributed by atoms with E-state index in [1.165, 1.54) is 11.3 Å². The number of rotatable bonds is 6. The Morgan fingerprint density at radius 2 is 1.73 bits per heavy atom. The van der Waals surface area contributed by atoms with Crippen molar-refractivity contribution >= 4 is 34.1 Å². The first-order valence-electron chi connectivity index (χ1n) is 10.2. The standard InChI is InChI=1S/C24H26N4OS/c1-4-27(5-2)18-11-13-19(14-12-18)28-15-20(29)21(23(28)25)24-26-22(16(3)30-24)17-9-7-6-8-10-17/h6-14,25,29H,4-5,15H2,1-3H3. The van der Waals surface area contributed by atoms with E-state index >= 15 is 0 Å². The first-order valence-corrected chi connectivity index (χ1v) is 11.0. The first-order chi connectivity index (χ1) is 14.5. The van der Waals surface area contributed by atoms with E-state index in [0.717, 1.165) is 40.6 Å². The highest BCUT2D eigenvalue weighted by molar-refractivity contribution is 7.13. The number of nitrogens with zero attached hydrogens (tertiary/aromatic N) is 3. The van der Waals surface area contributed by atoms with Crippen molar-refractivity contribution in [3.8, 4) is 11.3 Å². The number of aromatic nitrogens is 1. The quantitative estimate of drug-likeness (QED) is 0.536. The molecule has 6 heteroatoms. The Labute approximate surface area is 181 Å². The van der Waals surface area contributed by atoms with Crippen molar-refractivity contribution in [1.29, 1.82) is 5.41 Å². The third-order valence-corrected chi connectivity index (χ3v) is 6.44. The predicted molar refractivity (Wildman–Crippen MR) is 127 cm³/mol. The molecule has 0 saturated heterocycles. The number of aliphatic hydroxyl groups excluding tert-OH is 1. The largest absolute Gasteiger partial charge is 0.510 e. The molecule has 2 aromatic carbocycles. The molecule has 0 atom stereocenters. The van der Waals surface area contributed by atoms with Gasteiger partial charge in [0.25, 0.3) is 0 Å². The fourth-order valence-corrected chi connectivity index (χ4v) is 4.83. The maximum atomic E-state index is 10.7. The maximum absolute atomic E-state index is 10.7. The number of hydrogen-bond donors (Lipinski definition) is 2. The molecular formula is C24H26N4OS. The number of aliphatic hydroxyl groups is 1. The summed E-state index contributed by atoms with van der Waals surface area (Å²) in [5, 5.41) is 20.1. The van der Waals surface area contributed by atoms with Gasteiger partial charge in [-0.3, -0.25) is 5.41 Å². The van der Waals surface area contributed by atoms with Crippen LogP contribution in [0.15, 0.2) is 60.4 Å². The van der Waals surface area contributed by atoms with E-state index in [-0.39, 0.29) is 18.1 Å². The zero-order valence-corrected chi connectivity index (χ0v) is 18.3. The minimum atomic E-state index is 0.196. The summed E-state index contributed by atoms with van der Waals surface area (Å²) in [4.78, 5) is 9.96. The smallest absolute Gasteiger partial charge is 0.139 e. The second-order valence-electron chi connectivity index (χ2n) is 7.23. The Kier molecular flexibility index (Phi) is 5.59. The average molecular weight is 419 g/mol. The van der Waals surface area contributed by atoms with E-state index in [4.69, 9.17) is 10.4 Å². The van der Waals surface area contributed by atoms with Crippen LogP contribution in [0.3, 0.4) is 0 Å². The summed E-state index contributed by atoms with van der Waals surface area (Å²) in [6.07, 6.45) is 0. The number of anilines is 2. The lowest BCUT2D eigenvalue weighted by molar-refractivity contribution is 0.411. The molecule has 2 N–H and O–H groups in total. The molecule has 0 radical (unpaired) electrons. The molecule has 154 valence electrons. The first kappa shape index (κ1) is 20.2. The summed E-state index contributed by atoms with van der Waals surface area (Å²) in [6, 6.07) is 18.2. The van der Waals surface area contributed by atoms with Crippen molar-refractivity contribution in [2.45, 2.75) is 20.8 Å². The lowest BCUT2D eigenvalue weighted by Crippen LogP contribution is -2.26. The Morgan fingerprint density at radius 1 is 1.07 bits per heavy atom. The Balaban J connectivity index is 1.60. The third kappa shape index (κ3) is 3.59. The van der Waals surface area contributed by atoms with Gasteiger partial charge >= 0.3 is 0 Å². The lowest BCUT2D eigenvalue weighted by atomic mass is 10.1. The molecule has 5 nitrogen and oxygen atoms in total. The highest BCUT2D eigenvalue weighted by Crippen LogP contribution is 2.37. The molecule has 0 unspecified atom stereocenters. The van der Waals surface area contributed by atoms with Gasteiger partial charge in [-0.05, 0) is 45.0 Å². The van der Waals surface area contributed by atoms with E-state index in [2.05, 4.69) is 30.9 Å². The minimum Gasteiger partial charge on any atom is -0.510 e. The molecule has 0 saturated carbocycles. The molecule has 3 aromatic rings. The number of aryl methyl sites for hydroxylation is 1. The van der Waals surface area contributed by atoms with E-state index in [1.54, 1.807) is 0 Å². The van der Waals surface area contributed by atoms with E-state index in [1.807, 2.05) is 54.3 Å². The highest BCUT2D eigenvalue weighted by Gasteiger charge is 2.31. The van der Waals surface area contributed by atoms with Crippen LogP contribution in [0.1, 0.15) is 23.7 Å². The molecule has 1 aliphatic heterocycles. The molecule has 2 heterocycles. The minimum absolute atomic E-state index is 0.196. The van der Waals surface area contributed by atoms with Crippen molar-refractivity contribution in [2.24, 2.45) is 0 Å². The van der Waals surface area contributed by atoms with E-state index in [0.29, 0.717) is 10.6 Å². The zero-order valence-electron chi connectivity index (χ0n) is 17.5. The monoisotopic (exact) mass is 418 g/mol. The molecule has 0 aliphatic carbocycles. The molecule has 4 rings (SSSR count). The number of benzene rings is 2. The van der Waals surface area contributed by atoms with Gasteiger partial charge in [0.2, 0.25) is 0 Å². The van der Waals surface area contributed by atoms with Crippen molar-refractivity contribution in [3.63, 3.8) is 0 Å². The van der Waals surface area contributed by atoms with Gasteiger partial charge in [-0.2, -0.15) is 0 Å². The lowest BCUT2D eigenvalue weighted by Gasteiger charge is -2.23. The van der Waals surface area contributed by atoms with Gasteiger partial charge in [0.1, 0.15) is 16.6 Å². The Morgan fingerprint density at radius 3 is 2.37 bits per heavy atom. The molecular weight excluding hydrogens is 392 g/mol. The van der Waals surface area contributed by atoms with Gasteiger partial charge in [0.15, 0.2) is 0 Å². The van der Waals surface area contributed by atoms with Gasteiger partial charge < -0.3 is 14.9 Å². The van der Waals surface area contributed by atoms with Gasteiger partial charge in [0.05, 0.1) is 17.8 Å². The van der Waals surface area contributed by atoms with Crippen LogP contribution in [0.5, 0.6) is 0 Å². The molecule has 0 fully saturated rings. The van der Waals surface area contributed by atoms with Crippen molar-refractivity contribution in [3.05, 3.63) is 70.2 Å². The highest BCUT2D eigenvalue weighted by atomic mass is 32.1.